The van der Waals surface area contributed by atoms with Crippen LogP contribution in [0.3, 0.4) is 0 Å². The fraction of sp³-hybridized carbons (Fsp3) is 0.450. The summed E-state index contributed by atoms with van der Waals surface area (Å²) in [5, 5.41) is 4.47. The van der Waals surface area contributed by atoms with Crippen molar-refractivity contribution in [2.24, 2.45) is 0 Å². The van der Waals surface area contributed by atoms with Crippen molar-refractivity contribution in [1.82, 2.24) is 24.6 Å². The topological polar surface area (TPSA) is 66.8 Å². The SMILES string of the molecule is CCCn1cc(C(=O)N2CCCC(c3nc4ccccc4[nH]3)C2)c(C)n1. The minimum Gasteiger partial charge on any atom is -0.342 e. The molecular formula is C20H25N5O. The van der Waals surface area contributed by atoms with Gasteiger partial charge in [-0.15, -0.1) is 0 Å². The Morgan fingerprint density at radius 3 is 3.00 bits per heavy atom. The van der Waals surface area contributed by atoms with Crippen LogP contribution in [0.2, 0.25) is 0 Å². The number of aromatic nitrogens is 4. The molecule has 0 spiro atoms. The van der Waals surface area contributed by atoms with Crippen LogP contribution in [-0.4, -0.2) is 43.6 Å². The van der Waals surface area contributed by atoms with E-state index in [1.54, 1.807) is 0 Å². The highest BCUT2D eigenvalue weighted by Crippen LogP contribution is 2.28. The van der Waals surface area contributed by atoms with E-state index < -0.39 is 0 Å². The van der Waals surface area contributed by atoms with Gasteiger partial charge in [0.15, 0.2) is 0 Å². The van der Waals surface area contributed by atoms with Crippen LogP contribution in [0.15, 0.2) is 30.5 Å². The number of aromatic amines is 1. The molecule has 136 valence electrons. The van der Waals surface area contributed by atoms with Gasteiger partial charge in [-0.2, -0.15) is 5.10 Å². The first-order valence-corrected chi connectivity index (χ1v) is 9.43. The van der Waals surface area contributed by atoms with Crippen molar-refractivity contribution in [3.63, 3.8) is 0 Å². The van der Waals surface area contributed by atoms with Gasteiger partial charge >= 0.3 is 0 Å². The molecule has 3 heterocycles. The number of carbonyl (C=O) groups excluding carboxylic acids is 1. The molecule has 4 rings (SSSR count). The molecule has 1 N–H and O–H groups in total. The average Bonchev–Trinajstić information content (AvgIpc) is 3.25. The maximum Gasteiger partial charge on any atom is 0.257 e. The third-order valence-electron chi connectivity index (χ3n) is 5.13. The molecule has 26 heavy (non-hydrogen) atoms. The van der Waals surface area contributed by atoms with E-state index in [4.69, 9.17) is 4.98 Å². The van der Waals surface area contributed by atoms with Gasteiger partial charge in [0.25, 0.3) is 5.91 Å². The fourth-order valence-electron chi connectivity index (χ4n) is 3.79. The van der Waals surface area contributed by atoms with Crippen molar-refractivity contribution in [1.29, 1.82) is 0 Å². The summed E-state index contributed by atoms with van der Waals surface area (Å²) >= 11 is 0. The zero-order chi connectivity index (χ0) is 18.1. The second kappa shape index (κ2) is 6.94. The Morgan fingerprint density at radius 1 is 1.35 bits per heavy atom. The van der Waals surface area contributed by atoms with Crippen LogP contribution in [0.25, 0.3) is 11.0 Å². The van der Waals surface area contributed by atoms with E-state index in [-0.39, 0.29) is 11.8 Å². The van der Waals surface area contributed by atoms with E-state index in [0.717, 1.165) is 60.5 Å². The molecule has 0 radical (unpaired) electrons. The molecule has 6 nitrogen and oxygen atoms in total. The summed E-state index contributed by atoms with van der Waals surface area (Å²) in [4.78, 5) is 23.2. The lowest BCUT2D eigenvalue weighted by molar-refractivity contribution is 0.0704. The number of benzene rings is 1. The molecule has 0 bridgehead atoms. The van der Waals surface area contributed by atoms with Gasteiger partial charge in [-0.05, 0) is 38.3 Å². The smallest absolute Gasteiger partial charge is 0.257 e. The highest BCUT2D eigenvalue weighted by atomic mass is 16.2. The number of nitrogens with one attached hydrogen (secondary N) is 1. The van der Waals surface area contributed by atoms with Crippen LogP contribution in [0.4, 0.5) is 0 Å². The number of amides is 1. The summed E-state index contributed by atoms with van der Waals surface area (Å²) in [5.41, 5.74) is 3.59. The molecule has 1 unspecified atom stereocenters. The number of H-pyrrole nitrogens is 1. The lowest BCUT2D eigenvalue weighted by atomic mass is 9.97. The number of hydrogen-bond acceptors (Lipinski definition) is 3. The van der Waals surface area contributed by atoms with Crippen LogP contribution in [0.5, 0.6) is 0 Å². The van der Waals surface area contributed by atoms with E-state index in [1.807, 2.05) is 47.0 Å². The second-order valence-electron chi connectivity index (χ2n) is 7.12. The Bertz CT molecular complexity index is 892. The summed E-state index contributed by atoms with van der Waals surface area (Å²) in [6.45, 7) is 6.38. The lowest BCUT2D eigenvalue weighted by Crippen LogP contribution is -2.39. The van der Waals surface area contributed by atoms with Gasteiger partial charge in [-0.25, -0.2) is 4.98 Å². The number of likely N-dealkylation sites (tertiary alicyclic amines) is 1. The van der Waals surface area contributed by atoms with Crippen molar-refractivity contribution in [3.05, 3.63) is 47.5 Å². The maximum absolute atomic E-state index is 13.0. The number of carbonyl (C=O) groups is 1. The first-order valence-electron chi connectivity index (χ1n) is 9.43. The molecule has 2 aromatic heterocycles. The molecule has 1 aliphatic rings. The quantitative estimate of drug-likeness (QED) is 0.782. The zero-order valence-electron chi connectivity index (χ0n) is 15.4. The molecule has 0 saturated carbocycles. The number of nitrogens with zero attached hydrogens (tertiary/aromatic N) is 4. The van der Waals surface area contributed by atoms with Crippen molar-refractivity contribution in [2.75, 3.05) is 13.1 Å². The summed E-state index contributed by atoms with van der Waals surface area (Å²) in [5.74, 6) is 1.33. The summed E-state index contributed by atoms with van der Waals surface area (Å²) in [6.07, 6.45) is 4.95. The average molecular weight is 351 g/mol. The molecule has 1 amide bonds. The predicted molar refractivity (Wildman–Crippen MR) is 101 cm³/mol. The number of rotatable bonds is 4. The van der Waals surface area contributed by atoms with Crippen molar-refractivity contribution < 1.29 is 4.79 Å². The Labute approximate surface area is 153 Å². The van der Waals surface area contributed by atoms with Gasteiger partial charge in [0.05, 0.1) is 22.3 Å². The predicted octanol–water partition coefficient (Wildman–Crippen LogP) is 3.50. The zero-order valence-corrected chi connectivity index (χ0v) is 15.4. The maximum atomic E-state index is 13.0. The number of imidazole rings is 1. The summed E-state index contributed by atoms with van der Waals surface area (Å²) in [7, 11) is 0. The molecule has 1 saturated heterocycles. The number of piperidine rings is 1. The Hall–Kier alpha value is -2.63. The third-order valence-corrected chi connectivity index (χ3v) is 5.13. The van der Waals surface area contributed by atoms with Crippen molar-refractivity contribution >= 4 is 16.9 Å². The number of aryl methyl sites for hydroxylation is 2. The first kappa shape index (κ1) is 16.8. The van der Waals surface area contributed by atoms with Crippen LogP contribution < -0.4 is 0 Å². The largest absolute Gasteiger partial charge is 0.342 e. The Kier molecular flexibility index (Phi) is 4.49. The monoisotopic (exact) mass is 351 g/mol. The minimum absolute atomic E-state index is 0.0886. The second-order valence-corrected chi connectivity index (χ2v) is 7.12. The fourth-order valence-corrected chi connectivity index (χ4v) is 3.79. The van der Waals surface area contributed by atoms with Gasteiger partial charge in [0.2, 0.25) is 0 Å². The highest BCUT2D eigenvalue weighted by molar-refractivity contribution is 5.95. The van der Waals surface area contributed by atoms with Crippen LogP contribution in [-0.2, 0) is 6.54 Å². The highest BCUT2D eigenvalue weighted by Gasteiger charge is 2.28. The molecule has 1 aliphatic heterocycles. The Morgan fingerprint density at radius 2 is 2.19 bits per heavy atom. The number of fused-ring (bicyclic) bond motifs is 1. The Balaban J connectivity index is 1.53. The molecule has 6 heteroatoms. The van der Waals surface area contributed by atoms with Gasteiger partial charge in [-0.3, -0.25) is 9.48 Å². The third kappa shape index (κ3) is 3.11. The molecule has 1 aromatic carbocycles. The van der Waals surface area contributed by atoms with Gasteiger partial charge in [0.1, 0.15) is 5.82 Å². The molecular weight excluding hydrogens is 326 g/mol. The van der Waals surface area contributed by atoms with Crippen LogP contribution in [0, 0.1) is 6.92 Å². The summed E-state index contributed by atoms with van der Waals surface area (Å²) in [6, 6.07) is 8.08. The van der Waals surface area contributed by atoms with E-state index >= 15 is 0 Å². The standard InChI is InChI=1S/C20H25N5O/c1-3-10-25-13-16(14(2)23-25)20(26)24-11-6-7-15(12-24)19-21-17-8-4-5-9-18(17)22-19/h4-5,8-9,13,15H,3,6-7,10-12H2,1-2H3,(H,21,22). The molecule has 0 aliphatic carbocycles. The molecule has 3 aromatic rings. The van der Waals surface area contributed by atoms with Crippen molar-refractivity contribution in [2.45, 2.75) is 45.6 Å². The van der Waals surface area contributed by atoms with Crippen molar-refractivity contribution in [3.8, 4) is 0 Å². The van der Waals surface area contributed by atoms with Gasteiger partial charge in [0, 0.05) is 31.7 Å². The van der Waals surface area contributed by atoms with E-state index in [9.17, 15) is 4.79 Å². The number of hydrogen-bond donors (Lipinski definition) is 1. The van der Waals surface area contributed by atoms with Crippen LogP contribution >= 0.6 is 0 Å². The summed E-state index contributed by atoms with van der Waals surface area (Å²) < 4.78 is 1.88. The van der Waals surface area contributed by atoms with Gasteiger partial charge in [-0.1, -0.05) is 19.1 Å². The van der Waals surface area contributed by atoms with Gasteiger partial charge < -0.3 is 9.88 Å². The molecule has 1 atom stereocenters. The van der Waals surface area contributed by atoms with E-state index in [2.05, 4.69) is 17.0 Å². The van der Waals surface area contributed by atoms with E-state index in [1.165, 1.54) is 0 Å². The molecule has 1 fully saturated rings. The van der Waals surface area contributed by atoms with E-state index in [0.29, 0.717) is 6.54 Å². The number of para-hydroxylation sites is 2. The van der Waals surface area contributed by atoms with Crippen LogP contribution in [0.1, 0.15) is 54.0 Å². The normalized spacial score (nSPS) is 17.8. The minimum atomic E-state index is 0.0886. The first-order chi connectivity index (χ1) is 12.7. The lowest BCUT2D eigenvalue weighted by Gasteiger charge is -2.31.